The van der Waals surface area contributed by atoms with Crippen molar-refractivity contribution >= 4 is 23.2 Å². The maximum Gasteiger partial charge on any atom is 0.256 e. The minimum atomic E-state index is -0.0672. The number of hydrazine groups is 1. The van der Waals surface area contributed by atoms with Crippen LogP contribution >= 0.6 is 11.6 Å². The molecule has 1 aromatic carbocycles. The summed E-state index contributed by atoms with van der Waals surface area (Å²) in [4.78, 5) is 14.6. The maximum absolute atomic E-state index is 12.8. The van der Waals surface area contributed by atoms with Crippen LogP contribution < -0.4 is 11.3 Å². The Labute approximate surface area is 124 Å². The Bertz CT molecular complexity index is 495. The van der Waals surface area contributed by atoms with Crippen molar-refractivity contribution in [2.75, 3.05) is 18.6 Å². The van der Waals surface area contributed by atoms with Crippen LogP contribution in [0.3, 0.4) is 0 Å². The monoisotopic (exact) mass is 297 g/mol. The second-order valence-electron chi connectivity index (χ2n) is 5.00. The van der Waals surface area contributed by atoms with Gasteiger partial charge in [0.1, 0.15) is 0 Å². The molecule has 0 spiro atoms. The minimum Gasteiger partial charge on any atom is -0.375 e. The summed E-state index contributed by atoms with van der Waals surface area (Å²) in [6.07, 6.45) is 0.889. The molecule has 1 heterocycles. The highest BCUT2D eigenvalue weighted by molar-refractivity contribution is 6.31. The molecular weight excluding hydrogens is 278 g/mol. The molecule has 0 radical (unpaired) electrons. The highest BCUT2D eigenvalue weighted by Gasteiger charge is 2.31. The van der Waals surface area contributed by atoms with Crippen LogP contribution in [0.1, 0.15) is 30.6 Å². The molecule has 1 saturated heterocycles. The number of hydrogen-bond donors (Lipinski definition) is 2. The molecular formula is C14H20ClN3O2. The number of amides is 1. The molecule has 1 aromatic rings. The van der Waals surface area contributed by atoms with Crippen LogP contribution in [0, 0.1) is 0 Å². The van der Waals surface area contributed by atoms with Crippen LogP contribution in [0.25, 0.3) is 0 Å². The van der Waals surface area contributed by atoms with E-state index in [0.717, 1.165) is 6.42 Å². The van der Waals surface area contributed by atoms with Crippen LogP contribution in [0.15, 0.2) is 18.2 Å². The summed E-state index contributed by atoms with van der Waals surface area (Å²) in [6, 6.07) is 5.14. The van der Waals surface area contributed by atoms with Crippen LogP contribution in [-0.4, -0.2) is 36.1 Å². The van der Waals surface area contributed by atoms with Gasteiger partial charge in [-0.25, -0.2) is 0 Å². The lowest BCUT2D eigenvalue weighted by atomic mass is 10.1. The number of carbonyl (C=O) groups is 1. The molecule has 2 rings (SSSR count). The lowest BCUT2D eigenvalue weighted by molar-refractivity contribution is -0.0443. The Hall–Kier alpha value is -1.30. The third kappa shape index (κ3) is 3.06. The number of nitrogens with one attached hydrogen (secondary N) is 1. The van der Waals surface area contributed by atoms with Gasteiger partial charge in [-0.1, -0.05) is 18.5 Å². The lowest BCUT2D eigenvalue weighted by Gasteiger charge is -2.38. The van der Waals surface area contributed by atoms with E-state index in [0.29, 0.717) is 29.4 Å². The number of benzene rings is 1. The van der Waals surface area contributed by atoms with Gasteiger partial charge in [0.05, 0.1) is 30.0 Å². The van der Waals surface area contributed by atoms with Crippen molar-refractivity contribution in [2.24, 2.45) is 5.84 Å². The first-order chi connectivity index (χ1) is 9.56. The zero-order chi connectivity index (χ0) is 14.7. The van der Waals surface area contributed by atoms with Crippen molar-refractivity contribution < 1.29 is 9.53 Å². The van der Waals surface area contributed by atoms with Crippen molar-refractivity contribution in [3.63, 3.8) is 0 Å². The zero-order valence-electron chi connectivity index (χ0n) is 11.7. The van der Waals surface area contributed by atoms with E-state index in [9.17, 15) is 4.79 Å². The molecule has 1 fully saturated rings. The Morgan fingerprint density at radius 2 is 2.35 bits per heavy atom. The predicted molar refractivity (Wildman–Crippen MR) is 79.8 cm³/mol. The maximum atomic E-state index is 12.8. The van der Waals surface area contributed by atoms with E-state index < -0.39 is 0 Å². The van der Waals surface area contributed by atoms with Crippen molar-refractivity contribution in [3.05, 3.63) is 28.8 Å². The zero-order valence-corrected chi connectivity index (χ0v) is 12.5. The van der Waals surface area contributed by atoms with Crippen molar-refractivity contribution in [1.29, 1.82) is 0 Å². The SMILES string of the molecule is CCC1COC(C)CN1C(=O)c1cc(Cl)ccc1NN. The summed E-state index contributed by atoms with van der Waals surface area (Å²) in [5.74, 6) is 5.41. The number of rotatable bonds is 3. The van der Waals surface area contributed by atoms with Gasteiger partial charge in [-0.05, 0) is 31.5 Å². The van der Waals surface area contributed by atoms with E-state index in [-0.39, 0.29) is 18.1 Å². The van der Waals surface area contributed by atoms with Gasteiger partial charge in [-0.15, -0.1) is 0 Å². The smallest absolute Gasteiger partial charge is 0.256 e. The summed E-state index contributed by atoms with van der Waals surface area (Å²) < 4.78 is 5.62. The van der Waals surface area contributed by atoms with Gasteiger partial charge in [0.2, 0.25) is 0 Å². The predicted octanol–water partition coefficient (Wildman–Crippen LogP) is 2.27. The Balaban J connectivity index is 2.31. The molecule has 6 heteroatoms. The average Bonchev–Trinajstić information content (AvgIpc) is 2.46. The number of anilines is 1. The summed E-state index contributed by atoms with van der Waals surface area (Å²) in [7, 11) is 0. The van der Waals surface area contributed by atoms with E-state index in [2.05, 4.69) is 5.43 Å². The first-order valence-corrected chi connectivity index (χ1v) is 7.13. The summed E-state index contributed by atoms with van der Waals surface area (Å²) >= 11 is 5.99. The van der Waals surface area contributed by atoms with Crippen molar-refractivity contribution in [2.45, 2.75) is 32.4 Å². The summed E-state index contributed by atoms with van der Waals surface area (Å²) in [5.41, 5.74) is 3.62. The van der Waals surface area contributed by atoms with E-state index >= 15 is 0 Å². The van der Waals surface area contributed by atoms with Crippen LogP contribution in [0.4, 0.5) is 5.69 Å². The standard InChI is InChI=1S/C14H20ClN3O2/c1-3-11-8-20-9(2)7-18(11)14(19)12-6-10(15)4-5-13(12)17-16/h4-6,9,11,17H,3,7-8,16H2,1-2H3. The molecule has 2 unspecified atom stereocenters. The number of halogens is 1. The van der Waals surface area contributed by atoms with Crippen molar-refractivity contribution in [3.8, 4) is 0 Å². The molecule has 2 atom stereocenters. The van der Waals surface area contributed by atoms with E-state index in [1.165, 1.54) is 0 Å². The van der Waals surface area contributed by atoms with Gasteiger partial charge < -0.3 is 15.1 Å². The number of hydrogen-bond acceptors (Lipinski definition) is 4. The van der Waals surface area contributed by atoms with Gasteiger partial charge >= 0.3 is 0 Å². The molecule has 20 heavy (non-hydrogen) atoms. The Morgan fingerprint density at radius 1 is 1.60 bits per heavy atom. The third-order valence-electron chi connectivity index (χ3n) is 3.57. The Morgan fingerprint density at radius 3 is 3.00 bits per heavy atom. The fourth-order valence-corrected chi connectivity index (χ4v) is 2.58. The molecule has 0 bridgehead atoms. The number of nitrogen functional groups attached to an aromatic ring is 1. The molecule has 0 saturated carbocycles. The normalized spacial score (nSPS) is 22.7. The average molecular weight is 298 g/mol. The molecule has 1 amide bonds. The molecule has 0 aromatic heterocycles. The molecule has 1 aliphatic rings. The number of nitrogens with two attached hydrogens (primary N) is 1. The van der Waals surface area contributed by atoms with Gasteiger partial charge in [0, 0.05) is 11.6 Å². The minimum absolute atomic E-state index is 0.0372. The first kappa shape index (κ1) is 15.1. The van der Waals surface area contributed by atoms with E-state index in [4.69, 9.17) is 22.2 Å². The number of ether oxygens (including phenoxy) is 1. The molecule has 1 aliphatic heterocycles. The van der Waals surface area contributed by atoms with E-state index in [1.54, 1.807) is 18.2 Å². The topological polar surface area (TPSA) is 67.6 Å². The second-order valence-corrected chi connectivity index (χ2v) is 5.43. The molecule has 3 N–H and O–H groups in total. The van der Waals surface area contributed by atoms with Gasteiger partial charge in [-0.3, -0.25) is 10.6 Å². The van der Waals surface area contributed by atoms with E-state index in [1.807, 2.05) is 18.7 Å². The number of nitrogens with zero attached hydrogens (tertiary/aromatic N) is 1. The highest BCUT2D eigenvalue weighted by Crippen LogP contribution is 2.24. The number of morpholine rings is 1. The summed E-state index contributed by atoms with van der Waals surface area (Å²) in [5, 5.41) is 0.515. The van der Waals surface area contributed by atoms with Crippen LogP contribution in [0.2, 0.25) is 5.02 Å². The lowest BCUT2D eigenvalue weighted by Crippen LogP contribution is -2.51. The quantitative estimate of drug-likeness (QED) is 0.663. The second kappa shape index (κ2) is 6.43. The van der Waals surface area contributed by atoms with Crippen LogP contribution in [0.5, 0.6) is 0 Å². The largest absolute Gasteiger partial charge is 0.375 e. The van der Waals surface area contributed by atoms with Gasteiger partial charge in [0.25, 0.3) is 5.91 Å². The number of carbonyl (C=O) groups excluding carboxylic acids is 1. The third-order valence-corrected chi connectivity index (χ3v) is 3.80. The van der Waals surface area contributed by atoms with Crippen LogP contribution in [-0.2, 0) is 4.74 Å². The molecule has 5 nitrogen and oxygen atoms in total. The first-order valence-electron chi connectivity index (χ1n) is 6.75. The molecule has 110 valence electrons. The molecule has 0 aliphatic carbocycles. The highest BCUT2D eigenvalue weighted by atomic mass is 35.5. The summed E-state index contributed by atoms with van der Waals surface area (Å²) in [6.45, 7) is 5.15. The van der Waals surface area contributed by atoms with Gasteiger partial charge in [0.15, 0.2) is 0 Å². The fraction of sp³-hybridized carbons (Fsp3) is 0.500. The van der Waals surface area contributed by atoms with Gasteiger partial charge in [-0.2, -0.15) is 0 Å². The van der Waals surface area contributed by atoms with Crippen molar-refractivity contribution in [1.82, 2.24) is 4.90 Å². The Kier molecular flexibility index (Phi) is 4.86. The fourth-order valence-electron chi connectivity index (χ4n) is 2.41.